The Labute approximate surface area is 172 Å². The van der Waals surface area contributed by atoms with Crippen LogP contribution < -0.4 is 0 Å². The van der Waals surface area contributed by atoms with Gasteiger partial charge in [-0.25, -0.2) is 0 Å². The fraction of sp³-hybridized carbons (Fsp3) is 0.478. The molecule has 1 N–H and O–H groups in total. The van der Waals surface area contributed by atoms with Crippen molar-refractivity contribution < 1.29 is 14.6 Å². The Morgan fingerprint density at radius 1 is 1.14 bits per heavy atom. The second-order valence-corrected chi connectivity index (χ2v) is 7.91. The largest absolute Gasteiger partial charge is 0.383 e. The molecule has 0 spiro atoms. The zero-order chi connectivity index (χ0) is 20.1. The van der Waals surface area contributed by atoms with Crippen molar-refractivity contribution in [3.8, 4) is 0 Å². The number of carbonyl (C=O) groups excluding carboxylic acids is 1. The summed E-state index contributed by atoms with van der Waals surface area (Å²) in [5, 5.41) is 11.7. The van der Waals surface area contributed by atoms with E-state index in [0.29, 0.717) is 45.6 Å². The summed E-state index contributed by atoms with van der Waals surface area (Å²) in [4.78, 5) is 21.3. The monoisotopic (exact) mass is 395 g/mol. The fourth-order valence-corrected chi connectivity index (χ4v) is 4.48. The zero-order valence-corrected chi connectivity index (χ0v) is 16.7. The number of hydrogen-bond acceptors (Lipinski definition) is 5. The molecule has 3 heterocycles. The SMILES string of the molecule is O=C(CCc1cccnc1)N1CC[C@](O)(c2ccccc2)[C@H](N2CCOCC2)C1. The van der Waals surface area contributed by atoms with Gasteiger partial charge in [0.15, 0.2) is 0 Å². The first-order valence-corrected chi connectivity index (χ1v) is 10.4. The number of carbonyl (C=O) groups is 1. The number of pyridine rings is 1. The molecule has 0 saturated carbocycles. The highest BCUT2D eigenvalue weighted by Crippen LogP contribution is 2.36. The van der Waals surface area contributed by atoms with E-state index in [0.717, 1.165) is 24.2 Å². The maximum Gasteiger partial charge on any atom is 0.222 e. The van der Waals surface area contributed by atoms with Gasteiger partial charge in [-0.15, -0.1) is 0 Å². The Kier molecular flexibility index (Phi) is 6.23. The summed E-state index contributed by atoms with van der Waals surface area (Å²) < 4.78 is 5.52. The third-order valence-electron chi connectivity index (χ3n) is 6.17. The van der Waals surface area contributed by atoms with Crippen molar-refractivity contribution in [3.63, 3.8) is 0 Å². The number of benzene rings is 1. The molecule has 29 heavy (non-hydrogen) atoms. The summed E-state index contributed by atoms with van der Waals surface area (Å²) in [6.45, 7) is 3.98. The predicted molar refractivity (Wildman–Crippen MR) is 110 cm³/mol. The number of nitrogens with zero attached hydrogens (tertiary/aromatic N) is 3. The lowest BCUT2D eigenvalue weighted by Crippen LogP contribution is -2.63. The molecule has 6 nitrogen and oxygen atoms in total. The summed E-state index contributed by atoms with van der Waals surface area (Å²) in [6, 6.07) is 13.7. The molecule has 2 saturated heterocycles. The van der Waals surface area contributed by atoms with Gasteiger partial charge in [-0.1, -0.05) is 36.4 Å². The van der Waals surface area contributed by atoms with E-state index in [1.54, 1.807) is 6.20 Å². The average molecular weight is 396 g/mol. The number of hydrogen-bond donors (Lipinski definition) is 1. The lowest BCUT2D eigenvalue weighted by molar-refractivity contribution is -0.147. The van der Waals surface area contributed by atoms with E-state index in [4.69, 9.17) is 4.74 Å². The van der Waals surface area contributed by atoms with Crippen molar-refractivity contribution >= 4 is 5.91 Å². The van der Waals surface area contributed by atoms with Crippen LogP contribution in [0, 0.1) is 0 Å². The maximum atomic E-state index is 12.9. The van der Waals surface area contributed by atoms with Gasteiger partial charge in [-0.05, 0) is 30.0 Å². The van der Waals surface area contributed by atoms with Gasteiger partial charge in [0.2, 0.25) is 5.91 Å². The molecular formula is C23H29N3O3. The molecule has 1 aromatic heterocycles. The van der Waals surface area contributed by atoms with E-state index in [-0.39, 0.29) is 11.9 Å². The highest BCUT2D eigenvalue weighted by Gasteiger charge is 2.46. The number of aromatic nitrogens is 1. The summed E-state index contributed by atoms with van der Waals surface area (Å²) in [5.74, 6) is 0.141. The van der Waals surface area contributed by atoms with Crippen LogP contribution in [0.4, 0.5) is 0 Å². The molecule has 0 aliphatic carbocycles. The van der Waals surface area contributed by atoms with Crippen LogP contribution in [-0.2, 0) is 21.6 Å². The third-order valence-corrected chi connectivity index (χ3v) is 6.17. The first-order valence-electron chi connectivity index (χ1n) is 10.4. The van der Waals surface area contributed by atoms with Crippen LogP contribution in [0.5, 0.6) is 0 Å². The molecule has 1 amide bonds. The molecule has 2 atom stereocenters. The normalized spacial score (nSPS) is 25.7. The highest BCUT2D eigenvalue weighted by atomic mass is 16.5. The Morgan fingerprint density at radius 2 is 1.93 bits per heavy atom. The van der Waals surface area contributed by atoms with E-state index < -0.39 is 5.60 Å². The number of likely N-dealkylation sites (tertiary alicyclic amines) is 1. The van der Waals surface area contributed by atoms with Crippen LogP contribution in [0.3, 0.4) is 0 Å². The molecule has 0 unspecified atom stereocenters. The molecule has 0 bridgehead atoms. The lowest BCUT2D eigenvalue weighted by Gasteiger charge is -2.50. The van der Waals surface area contributed by atoms with Crippen molar-refractivity contribution in [2.24, 2.45) is 0 Å². The van der Waals surface area contributed by atoms with Gasteiger partial charge in [0.25, 0.3) is 0 Å². The minimum Gasteiger partial charge on any atom is -0.383 e. The minimum atomic E-state index is -0.960. The van der Waals surface area contributed by atoms with Gasteiger partial charge in [0.05, 0.1) is 19.3 Å². The summed E-state index contributed by atoms with van der Waals surface area (Å²) >= 11 is 0. The van der Waals surface area contributed by atoms with Crippen LogP contribution in [0.2, 0.25) is 0 Å². The van der Waals surface area contributed by atoms with Gasteiger partial charge in [-0.2, -0.15) is 0 Å². The van der Waals surface area contributed by atoms with Crippen LogP contribution in [0.15, 0.2) is 54.9 Å². The van der Waals surface area contributed by atoms with Gasteiger partial charge in [-0.3, -0.25) is 14.7 Å². The van der Waals surface area contributed by atoms with E-state index in [1.807, 2.05) is 53.6 Å². The number of morpholine rings is 1. The van der Waals surface area contributed by atoms with Gasteiger partial charge >= 0.3 is 0 Å². The molecule has 4 rings (SSSR count). The van der Waals surface area contributed by atoms with E-state index >= 15 is 0 Å². The molecule has 154 valence electrons. The first kappa shape index (κ1) is 20.0. The molecule has 2 aliphatic heterocycles. The molecule has 0 radical (unpaired) electrons. The Bertz CT molecular complexity index is 796. The second-order valence-electron chi connectivity index (χ2n) is 7.91. The van der Waals surface area contributed by atoms with Gasteiger partial charge in [0, 0.05) is 45.0 Å². The Morgan fingerprint density at radius 3 is 2.66 bits per heavy atom. The van der Waals surface area contributed by atoms with E-state index in [9.17, 15) is 9.90 Å². The van der Waals surface area contributed by atoms with Crippen LogP contribution in [0.25, 0.3) is 0 Å². The number of ether oxygens (including phenoxy) is 1. The molecule has 2 fully saturated rings. The second kappa shape index (κ2) is 9.03. The van der Waals surface area contributed by atoms with E-state index in [1.165, 1.54) is 0 Å². The van der Waals surface area contributed by atoms with E-state index in [2.05, 4.69) is 9.88 Å². The van der Waals surface area contributed by atoms with Crippen molar-refractivity contribution in [1.29, 1.82) is 0 Å². The molecule has 6 heteroatoms. The number of rotatable bonds is 5. The van der Waals surface area contributed by atoms with Crippen LogP contribution in [0.1, 0.15) is 24.0 Å². The summed E-state index contributed by atoms with van der Waals surface area (Å²) in [6.07, 6.45) is 5.25. The quantitative estimate of drug-likeness (QED) is 0.837. The number of amides is 1. The standard InChI is InChI=1S/C23H29N3O3/c27-22(9-8-19-5-4-11-24-17-19)26-12-10-23(28,20-6-2-1-3-7-20)21(18-26)25-13-15-29-16-14-25/h1-7,11,17,21,28H,8-10,12-16,18H2/t21-,23+/m1/s1. The van der Waals surface area contributed by atoms with Crippen molar-refractivity contribution in [2.75, 3.05) is 39.4 Å². The smallest absolute Gasteiger partial charge is 0.222 e. The number of aryl methyl sites for hydroxylation is 1. The summed E-state index contributed by atoms with van der Waals surface area (Å²) in [5.41, 5.74) is 1.04. The van der Waals surface area contributed by atoms with Crippen LogP contribution in [-0.4, -0.2) is 71.2 Å². The highest BCUT2D eigenvalue weighted by molar-refractivity contribution is 5.76. The molecule has 1 aromatic carbocycles. The lowest BCUT2D eigenvalue weighted by atomic mass is 9.79. The fourth-order valence-electron chi connectivity index (χ4n) is 4.48. The van der Waals surface area contributed by atoms with Crippen LogP contribution >= 0.6 is 0 Å². The number of piperidine rings is 1. The summed E-state index contributed by atoms with van der Waals surface area (Å²) in [7, 11) is 0. The van der Waals surface area contributed by atoms with Gasteiger partial charge < -0.3 is 14.7 Å². The molecular weight excluding hydrogens is 366 g/mol. The van der Waals surface area contributed by atoms with Crippen molar-refractivity contribution in [3.05, 3.63) is 66.0 Å². The van der Waals surface area contributed by atoms with Crippen molar-refractivity contribution in [1.82, 2.24) is 14.8 Å². The maximum absolute atomic E-state index is 12.9. The molecule has 2 aromatic rings. The third kappa shape index (κ3) is 4.50. The van der Waals surface area contributed by atoms with Crippen molar-refractivity contribution in [2.45, 2.75) is 30.9 Å². The minimum absolute atomic E-state index is 0.134. The Hall–Kier alpha value is -2.28. The molecule has 2 aliphatic rings. The zero-order valence-electron chi connectivity index (χ0n) is 16.7. The number of aliphatic hydroxyl groups is 1. The predicted octanol–water partition coefficient (Wildman–Crippen LogP) is 1.84. The Balaban J connectivity index is 1.49. The first-order chi connectivity index (χ1) is 14.2. The van der Waals surface area contributed by atoms with Gasteiger partial charge in [0.1, 0.15) is 5.60 Å². The topological polar surface area (TPSA) is 65.9 Å². The average Bonchev–Trinajstić information content (AvgIpc) is 2.79.